The molecule has 1 saturated carbocycles. The molecule has 0 spiro atoms. The van der Waals surface area contributed by atoms with Crippen LogP contribution in [0.5, 0.6) is 11.5 Å². The Morgan fingerprint density at radius 3 is 2.47 bits per heavy atom. The second-order valence-electron chi connectivity index (χ2n) is 5.83. The van der Waals surface area contributed by atoms with Crippen LogP contribution in [0.15, 0.2) is 24.3 Å². The predicted octanol–water partition coefficient (Wildman–Crippen LogP) is 3.23. The van der Waals surface area contributed by atoms with Gasteiger partial charge in [-0.25, -0.2) is 0 Å². The van der Waals surface area contributed by atoms with Crippen molar-refractivity contribution in [2.24, 2.45) is 17.1 Å². The molecule has 2 atom stereocenters. The van der Waals surface area contributed by atoms with E-state index < -0.39 is 0 Å². The molecule has 3 nitrogen and oxygen atoms in total. The van der Waals surface area contributed by atoms with Crippen molar-refractivity contribution in [3.63, 3.8) is 0 Å². The number of hydrogen-bond donors (Lipinski definition) is 1. The Balaban J connectivity index is 1.82. The molecule has 0 heterocycles. The van der Waals surface area contributed by atoms with Gasteiger partial charge in [0.2, 0.25) is 0 Å². The van der Waals surface area contributed by atoms with Gasteiger partial charge in [-0.1, -0.05) is 13.3 Å². The molecule has 1 aromatic rings. The second kappa shape index (κ2) is 6.29. The minimum Gasteiger partial charge on any atom is -0.497 e. The molecule has 0 bridgehead atoms. The molecular weight excluding hydrogens is 238 g/mol. The van der Waals surface area contributed by atoms with Gasteiger partial charge in [-0.15, -0.1) is 0 Å². The summed E-state index contributed by atoms with van der Waals surface area (Å²) in [6.07, 6.45) is 4.85. The Bertz CT molecular complexity index is 390. The maximum Gasteiger partial charge on any atom is 0.119 e. The normalized spacial score (nSPS) is 26.4. The molecule has 1 fully saturated rings. The fraction of sp³-hybridized carbons (Fsp3) is 0.625. The lowest BCUT2D eigenvalue weighted by atomic mass is 9.82. The third-order valence-corrected chi connectivity index (χ3v) is 4.34. The Kier molecular flexibility index (Phi) is 4.70. The second-order valence-corrected chi connectivity index (χ2v) is 5.83. The molecule has 1 aromatic carbocycles. The van der Waals surface area contributed by atoms with Crippen LogP contribution in [0.2, 0.25) is 0 Å². The van der Waals surface area contributed by atoms with E-state index >= 15 is 0 Å². The Hall–Kier alpha value is -1.22. The topological polar surface area (TPSA) is 44.5 Å². The van der Waals surface area contributed by atoms with E-state index in [1.165, 1.54) is 19.3 Å². The largest absolute Gasteiger partial charge is 0.497 e. The van der Waals surface area contributed by atoms with Crippen LogP contribution in [0.4, 0.5) is 0 Å². The summed E-state index contributed by atoms with van der Waals surface area (Å²) in [7, 11) is 1.67. The zero-order valence-corrected chi connectivity index (χ0v) is 12.0. The molecule has 2 unspecified atom stereocenters. The minimum atomic E-state index is 0.311. The summed E-state index contributed by atoms with van der Waals surface area (Å²) in [6, 6.07) is 7.74. The molecule has 2 N–H and O–H groups in total. The third kappa shape index (κ3) is 3.63. The summed E-state index contributed by atoms with van der Waals surface area (Å²) in [4.78, 5) is 0. The van der Waals surface area contributed by atoms with E-state index in [2.05, 4.69) is 6.92 Å². The molecular formula is C16H25NO2. The summed E-state index contributed by atoms with van der Waals surface area (Å²) in [5.41, 5.74) is 6.29. The van der Waals surface area contributed by atoms with Crippen molar-refractivity contribution >= 4 is 0 Å². The van der Waals surface area contributed by atoms with Crippen LogP contribution in [0.25, 0.3) is 0 Å². The molecule has 0 amide bonds. The summed E-state index contributed by atoms with van der Waals surface area (Å²) in [5.74, 6) is 2.57. The maximum absolute atomic E-state index is 5.98. The van der Waals surface area contributed by atoms with Crippen molar-refractivity contribution in [3.05, 3.63) is 24.3 Å². The van der Waals surface area contributed by atoms with E-state index in [9.17, 15) is 0 Å². The smallest absolute Gasteiger partial charge is 0.119 e. The molecule has 2 rings (SSSR count). The van der Waals surface area contributed by atoms with Gasteiger partial charge < -0.3 is 15.2 Å². The lowest BCUT2D eigenvalue weighted by Gasteiger charge is -2.27. The zero-order chi connectivity index (χ0) is 13.7. The SMILES string of the molecule is COc1ccc(OCCC2(CN)CCC(C)C2)cc1. The van der Waals surface area contributed by atoms with Gasteiger partial charge >= 0.3 is 0 Å². The minimum absolute atomic E-state index is 0.311. The predicted molar refractivity (Wildman–Crippen MR) is 77.6 cm³/mol. The molecule has 3 heteroatoms. The highest BCUT2D eigenvalue weighted by atomic mass is 16.5. The van der Waals surface area contributed by atoms with Crippen LogP contribution in [0, 0.1) is 11.3 Å². The summed E-state index contributed by atoms with van der Waals surface area (Å²) >= 11 is 0. The van der Waals surface area contributed by atoms with E-state index in [-0.39, 0.29) is 0 Å². The van der Waals surface area contributed by atoms with Crippen LogP contribution in [-0.4, -0.2) is 20.3 Å². The van der Waals surface area contributed by atoms with E-state index in [1.807, 2.05) is 24.3 Å². The third-order valence-electron chi connectivity index (χ3n) is 4.34. The van der Waals surface area contributed by atoms with E-state index in [1.54, 1.807) is 7.11 Å². The number of ether oxygens (including phenoxy) is 2. The molecule has 0 radical (unpaired) electrons. The first-order valence-corrected chi connectivity index (χ1v) is 7.14. The number of nitrogens with two attached hydrogens (primary N) is 1. The Morgan fingerprint density at radius 2 is 1.95 bits per heavy atom. The van der Waals surface area contributed by atoms with Crippen molar-refractivity contribution in [1.82, 2.24) is 0 Å². The lowest BCUT2D eigenvalue weighted by molar-refractivity contribution is 0.200. The van der Waals surface area contributed by atoms with E-state index in [0.29, 0.717) is 5.41 Å². The maximum atomic E-state index is 5.98. The van der Waals surface area contributed by atoms with Gasteiger partial charge in [0.15, 0.2) is 0 Å². The van der Waals surface area contributed by atoms with Gasteiger partial charge in [0.1, 0.15) is 11.5 Å². The van der Waals surface area contributed by atoms with Gasteiger partial charge in [0.25, 0.3) is 0 Å². The van der Waals surface area contributed by atoms with Crippen LogP contribution < -0.4 is 15.2 Å². The quantitative estimate of drug-likeness (QED) is 0.857. The number of rotatable bonds is 6. The Morgan fingerprint density at radius 1 is 1.26 bits per heavy atom. The highest BCUT2D eigenvalue weighted by molar-refractivity contribution is 5.31. The fourth-order valence-corrected chi connectivity index (χ4v) is 3.07. The Labute approximate surface area is 116 Å². The van der Waals surface area contributed by atoms with Gasteiger partial charge in [-0.05, 0) is 61.4 Å². The standard InChI is InChI=1S/C16H25NO2/c1-13-7-8-16(11-13,12-17)9-10-19-15-5-3-14(18-2)4-6-15/h3-6,13H,7-12,17H2,1-2H3. The van der Waals surface area contributed by atoms with Crippen LogP contribution >= 0.6 is 0 Å². The molecule has 0 aliphatic heterocycles. The fourth-order valence-electron chi connectivity index (χ4n) is 3.07. The molecule has 0 saturated heterocycles. The lowest BCUT2D eigenvalue weighted by Crippen LogP contribution is -2.29. The highest BCUT2D eigenvalue weighted by Gasteiger charge is 2.35. The first-order valence-electron chi connectivity index (χ1n) is 7.14. The summed E-state index contributed by atoms with van der Waals surface area (Å²) in [5, 5.41) is 0. The molecule has 1 aliphatic rings. The number of benzene rings is 1. The van der Waals surface area contributed by atoms with Gasteiger partial charge in [0, 0.05) is 0 Å². The van der Waals surface area contributed by atoms with Crippen LogP contribution in [-0.2, 0) is 0 Å². The van der Waals surface area contributed by atoms with Crippen molar-refractivity contribution < 1.29 is 9.47 Å². The summed E-state index contributed by atoms with van der Waals surface area (Å²) < 4.78 is 10.9. The molecule has 106 valence electrons. The van der Waals surface area contributed by atoms with Gasteiger partial charge in [-0.3, -0.25) is 0 Å². The average molecular weight is 263 g/mol. The van der Waals surface area contributed by atoms with Crippen molar-refractivity contribution in [2.45, 2.75) is 32.6 Å². The first kappa shape index (κ1) is 14.2. The van der Waals surface area contributed by atoms with Gasteiger partial charge in [0.05, 0.1) is 13.7 Å². The highest BCUT2D eigenvalue weighted by Crippen LogP contribution is 2.43. The van der Waals surface area contributed by atoms with E-state index in [4.69, 9.17) is 15.2 Å². The number of methoxy groups -OCH3 is 1. The zero-order valence-electron chi connectivity index (χ0n) is 12.0. The van der Waals surface area contributed by atoms with Gasteiger partial charge in [-0.2, -0.15) is 0 Å². The van der Waals surface area contributed by atoms with E-state index in [0.717, 1.165) is 37.0 Å². The molecule has 1 aliphatic carbocycles. The number of hydrogen-bond acceptors (Lipinski definition) is 3. The van der Waals surface area contributed by atoms with Crippen LogP contribution in [0.1, 0.15) is 32.6 Å². The van der Waals surface area contributed by atoms with Crippen molar-refractivity contribution in [2.75, 3.05) is 20.3 Å². The average Bonchev–Trinajstić information content (AvgIpc) is 2.82. The molecule has 19 heavy (non-hydrogen) atoms. The molecule has 0 aromatic heterocycles. The monoisotopic (exact) mass is 263 g/mol. The van der Waals surface area contributed by atoms with Crippen molar-refractivity contribution in [1.29, 1.82) is 0 Å². The van der Waals surface area contributed by atoms with Crippen molar-refractivity contribution in [3.8, 4) is 11.5 Å². The first-order chi connectivity index (χ1) is 9.17. The summed E-state index contributed by atoms with van der Waals surface area (Å²) in [6.45, 7) is 3.85. The van der Waals surface area contributed by atoms with Crippen LogP contribution in [0.3, 0.4) is 0 Å².